The molecule has 1 N–H and O–H groups in total. The summed E-state index contributed by atoms with van der Waals surface area (Å²) < 4.78 is 5.41. The summed E-state index contributed by atoms with van der Waals surface area (Å²) in [5, 5.41) is 3.50. The molecule has 1 aromatic rings. The summed E-state index contributed by atoms with van der Waals surface area (Å²) in [4.78, 5) is 2.66. The van der Waals surface area contributed by atoms with Crippen LogP contribution in [0.2, 0.25) is 0 Å². The fraction of sp³-hybridized carbons (Fsp3) is 0.625. The third kappa shape index (κ3) is 2.77. The number of rotatable bonds is 2. The van der Waals surface area contributed by atoms with E-state index in [9.17, 15) is 0 Å². The Balaban J connectivity index is 1.87. The van der Waals surface area contributed by atoms with Crippen LogP contribution in [0, 0.1) is 0 Å². The van der Waals surface area contributed by atoms with Gasteiger partial charge in [0.2, 0.25) is 0 Å². The molecule has 104 valence electrons. The Morgan fingerprint density at radius 3 is 3.05 bits per heavy atom. The number of benzene rings is 1. The minimum absolute atomic E-state index is 0.596. The van der Waals surface area contributed by atoms with Crippen molar-refractivity contribution in [2.24, 2.45) is 0 Å². The number of nitrogens with one attached hydrogen (secondary N) is 1. The first-order valence-corrected chi connectivity index (χ1v) is 7.50. The predicted molar refractivity (Wildman–Crippen MR) is 77.7 cm³/mol. The largest absolute Gasteiger partial charge is 0.497 e. The number of hydrogen-bond acceptors (Lipinski definition) is 3. The normalized spacial score (nSPS) is 24.6. The van der Waals surface area contributed by atoms with E-state index in [-0.39, 0.29) is 0 Å². The van der Waals surface area contributed by atoms with E-state index >= 15 is 0 Å². The highest BCUT2D eigenvalue weighted by Gasteiger charge is 2.26. The summed E-state index contributed by atoms with van der Waals surface area (Å²) in [6.07, 6.45) is 5.09. The van der Waals surface area contributed by atoms with Crippen LogP contribution < -0.4 is 10.1 Å². The molecule has 1 aliphatic heterocycles. The Bertz CT molecular complexity index is 425. The highest BCUT2D eigenvalue weighted by molar-refractivity contribution is 5.39. The van der Waals surface area contributed by atoms with Crippen molar-refractivity contribution in [1.82, 2.24) is 10.2 Å². The van der Waals surface area contributed by atoms with Gasteiger partial charge in [0.05, 0.1) is 7.11 Å². The maximum atomic E-state index is 5.41. The maximum Gasteiger partial charge on any atom is 0.119 e. The molecule has 1 aliphatic carbocycles. The quantitative estimate of drug-likeness (QED) is 0.883. The Labute approximate surface area is 115 Å². The molecule has 1 atom stereocenters. The molecule has 0 radical (unpaired) electrons. The number of aryl methyl sites for hydroxylation is 1. The van der Waals surface area contributed by atoms with E-state index < -0.39 is 0 Å². The topological polar surface area (TPSA) is 24.5 Å². The van der Waals surface area contributed by atoms with Gasteiger partial charge in [0.15, 0.2) is 0 Å². The van der Waals surface area contributed by atoms with Crippen LogP contribution in [-0.2, 0) is 6.42 Å². The zero-order valence-corrected chi connectivity index (χ0v) is 11.8. The third-order valence-electron chi connectivity index (χ3n) is 4.45. The highest BCUT2D eigenvalue weighted by Crippen LogP contribution is 2.36. The van der Waals surface area contributed by atoms with Crippen LogP contribution in [0.3, 0.4) is 0 Å². The predicted octanol–water partition coefficient (Wildman–Crippen LogP) is 2.37. The summed E-state index contributed by atoms with van der Waals surface area (Å²) in [6, 6.07) is 7.22. The molecule has 3 rings (SSSR count). The average molecular weight is 260 g/mol. The minimum atomic E-state index is 0.596. The smallest absolute Gasteiger partial charge is 0.119 e. The third-order valence-corrected chi connectivity index (χ3v) is 4.45. The molecule has 0 aromatic heterocycles. The fourth-order valence-electron chi connectivity index (χ4n) is 3.44. The van der Waals surface area contributed by atoms with Crippen molar-refractivity contribution in [2.75, 3.05) is 33.3 Å². The monoisotopic (exact) mass is 260 g/mol. The van der Waals surface area contributed by atoms with Gasteiger partial charge in [-0.25, -0.2) is 0 Å². The van der Waals surface area contributed by atoms with Crippen LogP contribution in [0.25, 0.3) is 0 Å². The molecule has 0 amide bonds. The van der Waals surface area contributed by atoms with E-state index in [4.69, 9.17) is 4.74 Å². The van der Waals surface area contributed by atoms with Crippen molar-refractivity contribution in [1.29, 1.82) is 0 Å². The lowest BCUT2D eigenvalue weighted by atomic mass is 9.86. The van der Waals surface area contributed by atoms with E-state index in [2.05, 4.69) is 28.4 Å². The number of methoxy groups -OCH3 is 1. The summed E-state index contributed by atoms with van der Waals surface area (Å²) in [5.41, 5.74) is 3.03. The van der Waals surface area contributed by atoms with Crippen LogP contribution in [0.4, 0.5) is 0 Å². The molecule has 0 spiro atoms. The van der Waals surface area contributed by atoms with Gasteiger partial charge >= 0.3 is 0 Å². The van der Waals surface area contributed by atoms with Gasteiger partial charge in [0.1, 0.15) is 5.75 Å². The molecule has 1 saturated heterocycles. The first-order chi connectivity index (χ1) is 9.38. The summed E-state index contributed by atoms with van der Waals surface area (Å²) >= 11 is 0. The van der Waals surface area contributed by atoms with Crippen LogP contribution in [-0.4, -0.2) is 38.2 Å². The molecule has 19 heavy (non-hydrogen) atoms. The van der Waals surface area contributed by atoms with Gasteiger partial charge in [-0.05, 0) is 55.5 Å². The summed E-state index contributed by atoms with van der Waals surface area (Å²) in [6.45, 7) is 4.67. The lowest BCUT2D eigenvalue weighted by Gasteiger charge is -2.35. The van der Waals surface area contributed by atoms with Gasteiger partial charge in [-0.1, -0.05) is 6.07 Å². The van der Waals surface area contributed by atoms with Crippen molar-refractivity contribution in [2.45, 2.75) is 31.7 Å². The summed E-state index contributed by atoms with van der Waals surface area (Å²) in [7, 11) is 1.76. The van der Waals surface area contributed by atoms with E-state index in [1.807, 2.05) is 0 Å². The SMILES string of the molecule is COc1ccc2c(c1)C(N1CCCNCC1)CCC2. The Morgan fingerprint density at radius 2 is 2.16 bits per heavy atom. The van der Waals surface area contributed by atoms with Crippen molar-refractivity contribution < 1.29 is 4.74 Å². The van der Waals surface area contributed by atoms with E-state index in [1.54, 1.807) is 7.11 Å². The molecule has 3 nitrogen and oxygen atoms in total. The second-order valence-electron chi connectivity index (χ2n) is 5.61. The van der Waals surface area contributed by atoms with Gasteiger partial charge in [-0.2, -0.15) is 0 Å². The molecule has 1 unspecified atom stereocenters. The maximum absolute atomic E-state index is 5.41. The molecule has 0 saturated carbocycles. The van der Waals surface area contributed by atoms with E-state index in [1.165, 1.54) is 49.9 Å². The van der Waals surface area contributed by atoms with Crippen molar-refractivity contribution in [3.63, 3.8) is 0 Å². The lowest BCUT2D eigenvalue weighted by Crippen LogP contribution is -2.34. The Kier molecular flexibility index (Phi) is 4.04. The Morgan fingerprint density at radius 1 is 1.21 bits per heavy atom. The minimum Gasteiger partial charge on any atom is -0.497 e. The molecule has 1 heterocycles. The summed E-state index contributed by atoms with van der Waals surface area (Å²) in [5.74, 6) is 0.999. The first-order valence-electron chi connectivity index (χ1n) is 7.50. The molecule has 0 bridgehead atoms. The average Bonchev–Trinajstić information content (AvgIpc) is 2.75. The zero-order valence-electron chi connectivity index (χ0n) is 11.8. The molecule has 3 heteroatoms. The van der Waals surface area contributed by atoms with Crippen LogP contribution >= 0.6 is 0 Å². The number of ether oxygens (including phenoxy) is 1. The van der Waals surface area contributed by atoms with E-state index in [0.717, 1.165) is 18.8 Å². The van der Waals surface area contributed by atoms with E-state index in [0.29, 0.717) is 6.04 Å². The number of hydrogen-bond donors (Lipinski definition) is 1. The van der Waals surface area contributed by atoms with Crippen LogP contribution in [0.15, 0.2) is 18.2 Å². The van der Waals surface area contributed by atoms with Crippen molar-refractivity contribution in [3.8, 4) is 5.75 Å². The van der Waals surface area contributed by atoms with Crippen molar-refractivity contribution >= 4 is 0 Å². The molecule has 1 aromatic carbocycles. The second kappa shape index (κ2) is 5.93. The van der Waals surface area contributed by atoms with Crippen LogP contribution in [0.1, 0.15) is 36.4 Å². The van der Waals surface area contributed by atoms with Crippen molar-refractivity contribution in [3.05, 3.63) is 29.3 Å². The Hall–Kier alpha value is -1.06. The van der Waals surface area contributed by atoms with Gasteiger partial charge in [0.25, 0.3) is 0 Å². The molecular formula is C16H24N2O. The van der Waals surface area contributed by atoms with Crippen LogP contribution in [0.5, 0.6) is 5.75 Å². The standard InChI is InChI=1S/C16H24N2O/c1-19-14-7-6-13-4-2-5-16(15(13)12-14)18-10-3-8-17-9-11-18/h6-7,12,16-17H,2-5,8-11H2,1H3. The molecule has 1 fully saturated rings. The lowest BCUT2D eigenvalue weighted by molar-refractivity contribution is 0.190. The second-order valence-corrected chi connectivity index (χ2v) is 5.61. The van der Waals surface area contributed by atoms with Gasteiger partial charge in [0, 0.05) is 25.7 Å². The molecule has 2 aliphatic rings. The molecular weight excluding hydrogens is 236 g/mol. The fourth-order valence-corrected chi connectivity index (χ4v) is 3.44. The van der Waals surface area contributed by atoms with Gasteiger partial charge in [-0.15, -0.1) is 0 Å². The zero-order chi connectivity index (χ0) is 13.1. The highest BCUT2D eigenvalue weighted by atomic mass is 16.5. The number of fused-ring (bicyclic) bond motifs is 1. The van der Waals surface area contributed by atoms with Gasteiger partial charge < -0.3 is 10.1 Å². The first kappa shape index (κ1) is 12.9. The van der Waals surface area contributed by atoms with Gasteiger partial charge in [-0.3, -0.25) is 4.90 Å². The number of nitrogens with zero attached hydrogens (tertiary/aromatic N) is 1.